The third-order valence-corrected chi connectivity index (χ3v) is 4.46. The number of halogens is 1. The minimum Gasteiger partial charge on any atom is -0.493 e. The molecule has 0 aliphatic heterocycles. The summed E-state index contributed by atoms with van der Waals surface area (Å²) in [6.07, 6.45) is 4.75. The zero-order valence-corrected chi connectivity index (χ0v) is 14.5. The van der Waals surface area contributed by atoms with Crippen molar-refractivity contribution in [2.75, 3.05) is 21.3 Å². The molecule has 1 aromatic carbocycles. The lowest BCUT2D eigenvalue weighted by atomic mass is 9.95. The summed E-state index contributed by atoms with van der Waals surface area (Å²) >= 11 is 3.60. The van der Waals surface area contributed by atoms with Crippen molar-refractivity contribution in [3.8, 4) is 11.5 Å². The Labute approximate surface area is 135 Å². The molecule has 0 heterocycles. The smallest absolute Gasteiger partial charge is 0.175 e. The topological polar surface area (TPSA) is 39.7 Å². The normalized spacial score (nSPS) is 22.1. The van der Waals surface area contributed by atoms with E-state index in [0.717, 1.165) is 53.8 Å². The number of nitrogens with one attached hydrogen (secondary N) is 1. The molecule has 1 aliphatic carbocycles. The molecule has 0 spiro atoms. The van der Waals surface area contributed by atoms with Gasteiger partial charge in [-0.25, -0.2) is 0 Å². The first-order valence-electron chi connectivity index (χ1n) is 7.38. The first-order chi connectivity index (χ1) is 10.2. The lowest BCUT2D eigenvalue weighted by Gasteiger charge is -2.29. The van der Waals surface area contributed by atoms with Crippen LogP contribution >= 0.6 is 15.9 Å². The summed E-state index contributed by atoms with van der Waals surface area (Å²) in [5.41, 5.74) is 1.16. The van der Waals surface area contributed by atoms with Gasteiger partial charge < -0.3 is 19.5 Å². The van der Waals surface area contributed by atoms with Crippen molar-refractivity contribution in [1.29, 1.82) is 0 Å². The van der Waals surface area contributed by atoms with Crippen LogP contribution in [0.2, 0.25) is 0 Å². The SMILES string of the molecule is CNCc1cc(Br)c(OC2CCCC(OC)C2)c(OC)c1. The highest BCUT2D eigenvalue weighted by molar-refractivity contribution is 9.10. The van der Waals surface area contributed by atoms with Crippen molar-refractivity contribution >= 4 is 15.9 Å². The van der Waals surface area contributed by atoms with E-state index in [1.165, 1.54) is 0 Å². The fraction of sp³-hybridized carbons (Fsp3) is 0.625. The lowest BCUT2D eigenvalue weighted by molar-refractivity contribution is 0.0199. The molecule has 21 heavy (non-hydrogen) atoms. The molecule has 0 aromatic heterocycles. The summed E-state index contributed by atoms with van der Waals surface area (Å²) in [5, 5.41) is 3.14. The van der Waals surface area contributed by atoms with Crippen LogP contribution in [0.1, 0.15) is 31.2 Å². The molecule has 1 aliphatic rings. The summed E-state index contributed by atoms with van der Waals surface area (Å²) in [6.45, 7) is 0.796. The molecule has 1 saturated carbocycles. The summed E-state index contributed by atoms with van der Waals surface area (Å²) in [7, 11) is 5.38. The molecule has 2 atom stereocenters. The Kier molecular flexibility index (Phi) is 6.33. The van der Waals surface area contributed by atoms with E-state index < -0.39 is 0 Å². The van der Waals surface area contributed by atoms with Crippen LogP contribution in [0, 0.1) is 0 Å². The summed E-state index contributed by atoms with van der Waals surface area (Å²) in [5.74, 6) is 1.56. The Morgan fingerprint density at radius 3 is 2.67 bits per heavy atom. The minimum absolute atomic E-state index is 0.184. The fourth-order valence-corrected chi connectivity index (χ4v) is 3.37. The van der Waals surface area contributed by atoms with Crippen LogP contribution in [-0.2, 0) is 11.3 Å². The van der Waals surface area contributed by atoms with Gasteiger partial charge in [-0.15, -0.1) is 0 Å². The lowest BCUT2D eigenvalue weighted by Crippen LogP contribution is -2.29. The first-order valence-corrected chi connectivity index (χ1v) is 8.17. The molecule has 1 fully saturated rings. The zero-order valence-electron chi connectivity index (χ0n) is 12.9. The Bertz CT molecular complexity index is 467. The van der Waals surface area contributed by atoms with E-state index in [0.29, 0.717) is 6.10 Å². The quantitative estimate of drug-likeness (QED) is 0.845. The summed E-state index contributed by atoms with van der Waals surface area (Å²) in [6, 6.07) is 4.10. The largest absolute Gasteiger partial charge is 0.493 e. The predicted molar refractivity (Wildman–Crippen MR) is 87.1 cm³/mol. The van der Waals surface area contributed by atoms with Crippen molar-refractivity contribution in [1.82, 2.24) is 5.32 Å². The van der Waals surface area contributed by atoms with Gasteiger partial charge in [-0.05, 0) is 59.9 Å². The van der Waals surface area contributed by atoms with Gasteiger partial charge in [0.15, 0.2) is 11.5 Å². The fourth-order valence-electron chi connectivity index (χ4n) is 2.78. The zero-order chi connectivity index (χ0) is 15.2. The van der Waals surface area contributed by atoms with Crippen molar-refractivity contribution in [3.05, 3.63) is 22.2 Å². The summed E-state index contributed by atoms with van der Waals surface area (Å²) in [4.78, 5) is 0. The van der Waals surface area contributed by atoms with Crippen LogP contribution < -0.4 is 14.8 Å². The van der Waals surface area contributed by atoms with Gasteiger partial charge in [0.2, 0.25) is 0 Å². The van der Waals surface area contributed by atoms with Gasteiger partial charge in [0.05, 0.1) is 17.7 Å². The van der Waals surface area contributed by atoms with Crippen molar-refractivity contribution in [2.24, 2.45) is 0 Å². The standard InChI is InChI=1S/C16H24BrNO3/c1-18-10-11-7-14(17)16(15(8-11)20-3)21-13-6-4-5-12(9-13)19-2/h7-8,12-13,18H,4-6,9-10H2,1-3H3. The number of benzene rings is 1. The minimum atomic E-state index is 0.184. The highest BCUT2D eigenvalue weighted by Crippen LogP contribution is 2.39. The average molecular weight is 358 g/mol. The molecule has 0 amide bonds. The van der Waals surface area contributed by atoms with Gasteiger partial charge in [0.1, 0.15) is 6.10 Å². The third-order valence-electron chi connectivity index (χ3n) is 3.87. The maximum atomic E-state index is 6.20. The number of hydrogen-bond donors (Lipinski definition) is 1. The molecule has 0 radical (unpaired) electrons. The molecule has 2 unspecified atom stereocenters. The first kappa shape index (κ1) is 16.6. The highest BCUT2D eigenvalue weighted by atomic mass is 79.9. The molecule has 1 N–H and O–H groups in total. The van der Waals surface area contributed by atoms with Crippen molar-refractivity contribution < 1.29 is 14.2 Å². The third kappa shape index (κ3) is 4.34. The monoisotopic (exact) mass is 357 g/mol. The second kappa shape index (κ2) is 8.01. The van der Waals surface area contributed by atoms with Crippen LogP contribution in [-0.4, -0.2) is 33.5 Å². The van der Waals surface area contributed by atoms with E-state index in [2.05, 4.69) is 27.3 Å². The molecular formula is C16H24BrNO3. The second-order valence-electron chi connectivity index (χ2n) is 5.40. The second-order valence-corrected chi connectivity index (χ2v) is 6.26. The molecular weight excluding hydrogens is 334 g/mol. The van der Waals surface area contributed by atoms with Crippen LogP contribution in [0.25, 0.3) is 0 Å². The van der Waals surface area contributed by atoms with Gasteiger partial charge >= 0.3 is 0 Å². The van der Waals surface area contributed by atoms with Crippen molar-refractivity contribution in [2.45, 2.75) is 44.4 Å². The molecule has 5 heteroatoms. The number of ether oxygens (including phenoxy) is 3. The van der Waals surface area contributed by atoms with Crippen molar-refractivity contribution in [3.63, 3.8) is 0 Å². The molecule has 0 saturated heterocycles. The maximum absolute atomic E-state index is 6.20. The number of rotatable bonds is 6. The Hall–Kier alpha value is -0.780. The van der Waals surface area contributed by atoms with Gasteiger partial charge in [-0.3, -0.25) is 0 Å². The van der Waals surface area contributed by atoms with Crippen LogP contribution in [0.5, 0.6) is 11.5 Å². The molecule has 2 rings (SSSR count). The average Bonchev–Trinajstić information content (AvgIpc) is 2.50. The Morgan fingerprint density at radius 2 is 2.00 bits per heavy atom. The highest BCUT2D eigenvalue weighted by Gasteiger charge is 2.25. The van der Waals surface area contributed by atoms with E-state index in [-0.39, 0.29) is 6.10 Å². The summed E-state index contributed by atoms with van der Waals surface area (Å²) < 4.78 is 18.1. The van der Waals surface area contributed by atoms with Crippen LogP contribution in [0.3, 0.4) is 0 Å². The van der Waals surface area contributed by atoms with Gasteiger partial charge in [0.25, 0.3) is 0 Å². The molecule has 118 valence electrons. The Balaban J connectivity index is 2.15. The van der Waals surface area contributed by atoms with Gasteiger partial charge in [-0.2, -0.15) is 0 Å². The number of methoxy groups -OCH3 is 2. The van der Waals surface area contributed by atoms with E-state index in [9.17, 15) is 0 Å². The van der Waals surface area contributed by atoms with Gasteiger partial charge in [0, 0.05) is 20.1 Å². The number of hydrogen-bond acceptors (Lipinski definition) is 4. The molecule has 4 nitrogen and oxygen atoms in total. The molecule has 1 aromatic rings. The Morgan fingerprint density at radius 1 is 1.24 bits per heavy atom. The van der Waals surface area contributed by atoms with Crippen LogP contribution in [0.15, 0.2) is 16.6 Å². The van der Waals surface area contributed by atoms with Gasteiger partial charge in [-0.1, -0.05) is 0 Å². The molecule has 0 bridgehead atoms. The van der Waals surface area contributed by atoms with E-state index >= 15 is 0 Å². The van der Waals surface area contributed by atoms with E-state index in [4.69, 9.17) is 14.2 Å². The van der Waals surface area contributed by atoms with Crippen LogP contribution in [0.4, 0.5) is 0 Å². The predicted octanol–water partition coefficient (Wildman–Crippen LogP) is 3.51. The van der Waals surface area contributed by atoms with E-state index in [1.54, 1.807) is 14.2 Å². The maximum Gasteiger partial charge on any atom is 0.175 e. The van der Waals surface area contributed by atoms with E-state index in [1.807, 2.05) is 13.1 Å².